The molecule has 0 saturated heterocycles. The highest BCUT2D eigenvalue weighted by Crippen LogP contribution is 2.31. The quantitative estimate of drug-likeness (QED) is 0.202. The maximum atomic E-state index is 12.6. The molecule has 3 aromatic carbocycles. The van der Waals surface area contributed by atoms with Crippen molar-refractivity contribution in [2.75, 3.05) is 0 Å². The number of alkyl halides is 3. The van der Waals surface area contributed by atoms with Gasteiger partial charge < -0.3 is 0 Å². The molecule has 0 fully saturated rings. The molecule has 1 amide bonds. The second-order valence-electron chi connectivity index (χ2n) is 6.75. The molecule has 1 aromatic heterocycles. The highest BCUT2D eigenvalue weighted by molar-refractivity contribution is 8.00. The molecule has 0 saturated carbocycles. The molecule has 32 heavy (non-hydrogen) atoms. The Bertz CT molecular complexity index is 1220. The Morgan fingerprint density at radius 3 is 2.44 bits per heavy atom. The van der Waals surface area contributed by atoms with E-state index in [0.29, 0.717) is 11.1 Å². The number of fused-ring (bicyclic) bond motifs is 1. The van der Waals surface area contributed by atoms with Crippen molar-refractivity contribution in [1.29, 1.82) is 0 Å². The average molecular weight is 472 g/mol. The van der Waals surface area contributed by atoms with Crippen LogP contribution in [0.5, 0.6) is 0 Å². The van der Waals surface area contributed by atoms with E-state index < -0.39 is 17.6 Å². The average Bonchev–Trinajstić information content (AvgIpc) is 3.21. The molecule has 1 N–H and O–H groups in total. The maximum absolute atomic E-state index is 12.6. The highest BCUT2D eigenvalue weighted by atomic mass is 32.2. The van der Waals surface area contributed by atoms with Crippen molar-refractivity contribution in [3.63, 3.8) is 0 Å². The van der Waals surface area contributed by atoms with Gasteiger partial charge in [0.25, 0.3) is 5.91 Å². The Labute approximate surface area is 190 Å². The molecule has 9 heteroatoms. The Balaban J connectivity index is 1.30. The number of halogens is 3. The second kappa shape index (κ2) is 9.54. The SMILES string of the molecule is O=C(N/N=C\c1ccc(C(F)(F)F)cc1)c1ccc(CSc2nc3ccccc3s2)cc1. The first kappa shape index (κ1) is 22.0. The number of thiazole rings is 1. The number of amides is 1. The summed E-state index contributed by atoms with van der Waals surface area (Å²) >= 11 is 3.29. The van der Waals surface area contributed by atoms with Crippen LogP contribution in [0, 0.1) is 0 Å². The lowest BCUT2D eigenvalue weighted by Crippen LogP contribution is -2.17. The summed E-state index contributed by atoms with van der Waals surface area (Å²) in [5, 5.41) is 3.81. The predicted octanol–water partition coefficient (Wildman–Crippen LogP) is 6.37. The van der Waals surface area contributed by atoms with Crippen molar-refractivity contribution in [2.45, 2.75) is 16.3 Å². The fourth-order valence-corrected chi connectivity index (χ4v) is 4.82. The van der Waals surface area contributed by atoms with Gasteiger partial charge in [-0.3, -0.25) is 4.79 Å². The third-order valence-corrected chi connectivity index (χ3v) is 6.72. The normalized spacial score (nSPS) is 11.8. The zero-order chi connectivity index (χ0) is 22.6. The molecule has 0 atom stereocenters. The van der Waals surface area contributed by atoms with E-state index in [9.17, 15) is 18.0 Å². The van der Waals surface area contributed by atoms with Crippen molar-refractivity contribution in [1.82, 2.24) is 10.4 Å². The molecule has 1 heterocycles. The minimum Gasteiger partial charge on any atom is -0.267 e. The monoisotopic (exact) mass is 471 g/mol. The highest BCUT2D eigenvalue weighted by Gasteiger charge is 2.29. The number of nitrogens with zero attached hydrogens (tertiary/aromatic N) is 2. The molecular weight excluding hydrogens is 455 g/mol. The van der Waals surface area contributed by atoms with Crippen molar-refractivity contribution in [3.05, 3.63) is 95.1 Å². The standard InChI is InChI=1S/C23H16F3N3OS2/c24-23(25,26)18-11-7-15(8-12-18)13-27-29-21(30)17-9-5-16(6-10-17)14-31-22-28-19-3-1-2-4-20(19)32-22/h1-13H,14H2,(H,29,30)/b27-13-. The first-order chi connectivity index (χ1) is 15.4. The van der Waals surface area contributed by atoms with Gasteiger partial charge in [0.2, 0.25) is 0 Å². The van der Waals surface area contributed by atoms with E-state index in [-0.39, 0.29) is 0 Å². The summed E-state index contributed by atoms with van der Waals surface area (Å²) in [6.07, 6.45) is -3.09. The number of aromatic nitrogens is 1. The van der Waals surface area contributed by atoms with Crippen molar-refractivity contribution < 1.29 is 18.0 Å². The molecule has 0 spiro atoms. The number of benzene rings is 3. The first-order valence-electron chi connectivity index (χ1n) is 9.46. The van der Waals surface area contributed by atoms with Gasteiger partial charge in [-0.15, -0.1) is 11.3 Å². The number of para-hydroxylation sites is 1. The zero-order valence-corrected chi connectivity index (χ0v) is 18.1. The maximum Gasteiger partial charge on any atom is 0.416 e. The topological polar surface area (TPSA) is 54.4 Å². The molecule has 0 unspecified atom stereocenters. The van der Waals surface area contributed by atoms with Crippen molar-refractivity contribution in [2.24, 2.45) is 5.10 Å². The number of hydrogen-bond donors (Lipinski definition) is 1. The Hall–Kier alpha value is -3.17. The fraction of sp³-hybridized carbons (Fsp3) is 0.0870. The van der Waals surface area contributed by atoms with Gasteiger partial charge in [-0.2, -0.15) is 18.3 Å². The van der Waals surface area contributed by atoms with Crippen LogP contribution in [0.2, 0.25) is 0 Å². The number of hydrogen-bond acceptors (Lipinski definition) is 5. The summed E-state index contributed by atoms with van der Waals surface area (Å²) in [5.41, 5.74) is 4.57. The van der Waals surface area contributed by atoms with E-state index in [4.69, 9.17) is 0 Å². The molecule has 4 rings (SSSR count). The van der Waals surface area contributed by atoms with Crippen LogP contribution in [0.15, 0.2) is 82.2 Å². The number of carbonyl (C=O) groups excluding carboxylic acids is 1. The van der Waals surface area contributed by atoms with Crippen LogP contribution in [0.25, 0.3) is 10.2 Å². The van der Waals surface area contributed by atoms with Crippen LogP contribution in [0.4, 0.5) is 13.2 Å². The fourth-order valence-electron chi connectivity index (χ4n) is 2.80. The van der Waals surface area contributed by atoms with E-state index >= 15 is 0 Å². The minimum absolute atomic E-state index is 0.404. The van der Waals surface area contributed by atoms with Gasteiger partial charge in [0.15, 0.2) is 4.34 Å². The van der Waals surface area contributed by atoms with E-state index in [0.717, 1.165) is 38.0 Å². The number of nitrogens with one attached hydrogen (secondary N) is 1. The Morgan fingerprint density at radius 1 is 1.03 bits per heavy atom. The Kier molecular flexibility index (Phi) is 6.57. The van der Waals surface area contributed by atoms with E-state index in [1.54, 1.807) is 35.2 Å². The van der Waals surface area contributed by atoms with Crippen molar-refractivity contribution >= 4 is 45.4 Å². The summed E-state index contributed by atoms with van der Waals surface area (Å²) in [5.74, 6) is 0.326. The second-order valence-corrected chi connectivity index (χ2v) is 9.01. The summed E-state index contributed by atoms with van der Waals surface area (Å²) in [4.78, 5) is 16.8. The molecule has 162 valence electrons. The summed E-state index contributed by atoms with van der Waals surface area (Å²) < 4.78 is 39.9. The van der Waals surface area contributed by atoms with Crippen LogP contribution in [-0.2, 0) is 11.9 Å². The van der Waals surface area contributed by atoms with Gasteiger partial charge in [0.1, 0.15) is 0 Å². The lowest BCUT2D eigenvalue weighted by Gasteiger charge is -2.05. The van der Waals surface area contributed by atoms with Crippen LogP contribution in [-0.4, -0.2) is 17.1 Å². The number of carbonyl (C=O) groups is 1. The van der Waals surface area contributed by atoms with E-state index in [1.165, 1.54) is 18.3 Å². The van der Waals surface area contributed by atoms with Gasteiger partial charge in [-0.05, 0) is 47.5 Å². The van der Waals surface area contributed by atoms with Gasteiger partial charge >= 0.3 is 6.18 Å². The van der Waals surface area contributed by atoms with Crippen LogP contribution in [0.3, 0.4) is 0 Å². The lowest BCUT2D eigenvalue weighted by molar-refractivity contribution is -0.137. The molecule has 0 bridgehead atoms. The van der Waals surface area contributed by atoms with Crippen LogP contribution >= 0.6 is 23.1 Å². The zero-order valence-electron chi connectivity index (χ0n) is 16.5. The largest absolute Gasteiger partial charge is 0.416 e. The summed E-state index contributed by atoms with van der Waals surface area (Å²) in [7, 11) is 0. The van der Waals surface area contributed by atoms with Gasteiger partial charge in [-0.25, -0.2) is 10.4 Å². The third-order valence-electron chi connectivity index (χ3n) is 4.47. The lowest BCUT2D eigenvalue weighted by atomic mass is 10.1. The van der Waals surface area contributed by atoms with E-state index in [2.05, 4.69) is 15.5 Å². The molecule has 0 aliphatic carbocycles. The number of thioether (sulfide) groups is 1. The molecule has 4 aromatic rings. The molecular formula is C23H16F3N3OS2. The van der Waals surface area contributed by atoms with Gasteiger partial charge in [0, 0.05) is 11.3 Å². The summed E-state index contributed by atoms with van der Waals surface area (Å²) in [6, 6.07) is 19.7. The van der Waals surface area contributed by atoms with Gasteiger partial charge in [-0.1, -0.05) is 48.2 Å². The van der Waals surface area contributed by atoms with Crippen LogP contribution < -0.4 is 5.43 Å². The van der Waals surface area contributed by atoms with Gasteiger partial charge in [0.05, 0.1) is 22.0 Å². The molecule has 0 aliphatic heterocycles. The third kappa shape index (κ3) is 5.54. The smallest absolute Gasteiger partial charge is 0.267 e. The molecule has 0 aliphatic rings. The number of hydrazone groups is 1. The van der Waals surface area contributed by atoms with E-state index in [1.807, 2.05) is 36.4 Å². The van der Waals surface area contributed by atoms with Crippen LogP contribution in [0.1, 0.15) is 27.0 Å². The minimum atomic E-state index is -4.39. The molecule has 0 radical (unpaired) electrons. The molecule has 4 nitrogen and oxygen atoms in total. The van der Waals surface area contributed by atoms with Crippen molar-refractivity contribution in [3.8, 4) is 0 Å². The number of rotatable bonds is 6. The first-order valence-corrected chi connectivity index (χ1v) is 11.3. The Morgan fingerprint density at radius 2 is 1.75 bits per heavy atom. The summed E-state index contributed by atoms with van der Waals surface area (Å²) in [6.45, 7) is 0. The predicted molar refractivity (Wildman–Crippen MR) is 122 cm³/mol.